The first-order valence-corrected chi connectivity index (χ1v) is 13.6. The predicted octanol–water partition coefficient (Wildman–Crippen LogP) is 5.21. The van der Waals surface area contributed by atoms with E-state index >= 15 is 0 Å². The second-order valence-corrected chi connectivity index (χ2v) is 10.9. The Morgan fingerprint density at radius 1 is 1.12 bits per heavy atom. The van der Waals surface area contributed by atoms with Gasteiger partial charge in [0.15, 0.2) is 0 Å². The molecule has 0 unspecified atom stereocenters. The van der Waals surface area contributed by atoms with Crippen LogP contribution in [0.15, 0.2) is 42.6 Å². The average molecular weight is 481 g/mol. The lowest BCUT2D eigenvalue weighted by Crippen LogP contribution is -2.38. The predicted molar refractivity (Wildman–Crippen MR) is 136 cm³/mol. The third-order valence-corrected chi connectivity index (χ3v) is 8.63. The number of fused-ring (bicyclic) bond motifs is 1. The first-order chi connectivity index (χ1) is 16.4. The van der Waals surface area contributed by atoms with Gasteiger partial charge in [0, 0.05) is 55.6 Å². The van der Waals surface area contributed by atoms with Gasteiger partial charge in [0.25, 0.3) is 0 Å². The van der Waals surface area contributed by atoms with Crippen molar-refractivity contribution in [3.8, 4) is 17.6 Å². The van der Waals surface area contributed by atoms with Crippen LogP contribution in [0.5, 0.6) is 11.5 Å². The van der Waals surface area contributed by atoms with Gasteiger partial charge in [-0.05, 0) is 63.3 Å². The molecule has 34 heavy (non-hydrogen) atoms. The van der Waals surface area contributed by atoms with E-state index in [1.54, 1.807) is 17.3 Å². The molecule has 1 fully saturated rings. The summed E-state index contributed by atoms with van der Waals surface area (Å²) in [6.07, 6.45) is 3.47. The Hall–Kier alpha value is -3.02. The molecular formula is C26H32N4O3S. The van der Waals surface area contributed by atoms with Crippen LogP contribution in [0.4, 0.5) is 5.69 Å². The third kappa shape index (κ3) is 4.77. The van der Waals surface area contributed by atoms with Crippen LogP contribution in [0.2, 0.25) is 0 Å². The van der Waals surface area contributed by atoms with Crippen molar-refractivity contribution >= 4 is 26.6 Å². The minimum absolute atomic E-state index is 0.131. The molecule has 2 heterocycles. The summed E-state index contributed by atoms with van der Waals surface area (Å²) in [6, 6.07) is 14.0. The van der Waals surface area contributed by atoms with E-state index < -0.39 is 10.0 Å². The lowest BCUT2D eigenvalue weighted by Gasteiger charge is -2.30. The van der Waals surface area contributed by atoms with Crippen LogP contribution >= 0.6 is 0 Å². The number of aromatic nitrogens is 1. The third-order valence-electron chi connectivity index (χ3n) is 6.75. The van der Waals surface area contributed by atoms with Crippen molar-refractivity contribution < 1.29 is 13.2 Å². The number of benzene rings is 2. The maximum Gasteiger partial charge on any atom is 0.213 e. The Morgan fingerprint density at radius 3 is 2.50 bits per heavy atom. The van der Waals surface area contributed by atoms with Gasteiger partial charge >= 0.3 is 0 Å². The number of anilines is 1. The van der Waals surface area contributed by atoms with Gasteiger partial charge in [-0.1, -0.05) is 6.07 Å². The van der Waals surface area contributed by atoms with Crippen LogP contribution in [0, 0.1) is 11.3 Å². The van der Waals surface area contributed by atoms with Gasteiger partial charge in [-0.15, -0.1) is 0 Å². The molecule has 0 saturated carbocycles. The number of nitrogens with zero attached hydrogens (tertiary/aromatic N) is 3. The molecule has 1 aliphatic heterocycles. The van der Waals surface area contributed by atoms with Crippen LogP contribution in [0.1, 0.15) is 50.7 Å². The fraction of sp³-hybridized carbons (Fsp3) is 0.423. The zero-order chi connectivity index (χ0) is 24.3. The number of nitriles is 1. The quantitative estimate of drug-likeness (QED) is 0.478. The molecule has 180 valence electrons. The molecule has 0 spiro atoms. The zero-order valence-electron chi connectivity index (χ0n) is 20.0. The fourth-order valence-corrected chi connectivity index (χ4v) is 5.94. The topological polar surface area (TPSA) is 89.4 Å². The van der Waals surface area contributed by atoms with Crippen molar-refractivity contribution in [1.29, 1.82) is 5.26 Å². The molecule has 1 N–H and O–H groups in total. The average Bonchev–Trinajstić information content (AvgIpc) is 3.28. The highest BCUT2D eigenvalue weighted by Gasteiger charge is 2.29. The molecular weight excluding hydrogens is 448 g/mol. The smallest absolute Gasteiger partial charge is 0.213 e. The van der Waals surface area contributed by atoms with Crippen LogP contribution in [0.25, 0.3) is 10.9 Å². The summed E-state index contributed by atoms with van der Waals surface area (Å²) in [5, 5.41) is 10.7. The van der Waals surface area contributed by atoms with Crippen LogP contribution < -0.4 is 9.64 Å². The van der Waals surface area contributed by atoms with E-state index in [1.165, 1.54) is 0 Å². The molecule has 2 aromatic carbocycles. The lowest BCUT2D eigenvalue weighted by atomic mass is 9.89. The van der Waals surface area contributed by atoms with Crippen molar-refractivity contribution in [2.24, 2.45) is 0 Å². The molecule has 7 nitrogen and oxygen atoms in total. The number of nitrogens with one attached hydrogen (secondary N) is 1. The van der Waals surface area contributed by atoms with Crippen molar-refractivity contribution in [2.45, 2.75) is 39.5 Å². The second kappa shape index (κ2) is 10.1. The largest absolute Gasteiger partial charge is 0.457 e. The van der Waals surface area contributed by atoms with Crippen LogP contribution in [-0.2, 0) is 10.0 Å². The summed E-state index contributed by atoms with van der Waals surface area (Å²) in [4.78, 5) is 5.53. The van der Waals surface area contributed by atoms with Gasteiger partial charge in [-0.25, -0.2) is 12.7 Å². The number of sulfonamides is 1. The number of H-pyrrole nitrogens is 1. The summed E-state index contributed by atoms with van der Waals surface area (Å²) in [6.45, 7) is 8.80. The van der Waals surface area contributed by atoms with E-state index in [4.69, 9.17) is 4.74 Å². The van der Waals surface area contributed by atoms with Crippen molar-refractivity contribution in [1.82, 2.24) is 9.29 Å². The highest BCUT2D eigenvalue weighted by atomic mass is 32.2. The van der Waals surface area contributed by atoms with Gasteiger partial charge in [0.1, 0.15) is 17.6 Å². The number of hydrogen-bond acceptors (Lipinski definition) is 5. The summed E-state index contributed by atoms with van der Waals surface area (Å²) >= 11 is 0. The Morgan fingerprint density at radius 2 is 1.85 bits per heavy atom. The number of hydrogen-bond donors (Lipinski definition) is 1. The minimum Gasteiger partial charge on any atom is -0.457 e. The van der Waals surface area contributed by atoms with Gasteiger partial charge in [0.2, 0.25) is 10.0 Å². The first kappa shape index (κ1) is 24.1. The number of aromatic amines is 1. The molecule has 8 heteroatoms. The van der Waals surface area contributed by atoms with E-state index in [0.29, 0.717) is 24.4 Å². The molecule has 0 atom stereocenters. The summed E-state index contributed by atoms with van der Waals surface area (Å²) in [5.41, 5.74) is 3.54. The highest BCUT2D eigenvalue weighted by Crippen LogP contribution is 2.37. The molecule has 0 aliphatic carbocycles. The van der Waals surface area contributed by atoms with Crippen molar-refractivity contribution in [3.63, 3.8) is 0 Å². The Bertz CT molecular complexity index is 1300. The summed E-state index contributed by atoms with van der Waals surface area (Å²) in [7, 11) is -3.16. The number of piperidine rings is 1. The number of ether oxygens (including phenoxy) is 1. The Labute approximate surface area is 202 Å². The summed E-state index contributed by atoms with van der Waals surface area (Å²) in [5.74, 6) is 1.70. The van der Waals surface area contributed by atoms with E-state index in [1.807, 2.05) is 30.5 Å². The monoisotopic (exact) mass is 480 g/mol. The van der Waals surface area contributed by atoms with Crippen LogP contribution in [-0.4, -0.2) is 49.6 Å². The molecule has 3 aromatic rings. The van der Waals surface area contributed by atoms with Gasteiger partial charge < -0.3 is 14.6 Å². The maximum atomic E-state index is 12.2. The molecule has 1 aliphatic rings. The maximum absolute atomic E-state index is 12.2. The van der Waals surface area contributed by atoms with Crippen molar-refractivity contribution in [2.75, 3.05) is 36.8 Å². The Balaban J connectivity index is 1.62. The van der Waals surface area contributed by atoms with E-state index in [2.05, 4.69) is 35.9 Å². The normalized spacial score (nSPS) is 15.4. The first-order valence-electron chi connectivity index (χ1n) is 12.0. The van der Waals surface area contributed by atoms with Crippen LogP contribution in [0.3, 0.4) is 0 Å². The second-order valence-electron chi connectivity index (χ2n) is 8.59. The Kier molecular flexibility index (Phi) is 7.15. The van der Waals surface area contributed by atoms with Gasteiger partial charge in [-0.3, -0.25) is 0 Å². The SMILES string of the molecule is CCN(CC)c1cccc(Oc2cc(C#N)c3[nH]cc(C4CCN(S(=O)(=O)CC)CC4)c3c2)c1. The van der Waals surface area contributed by atoms with E-state index in [-0.39, 0.29) is 11.7 Å². The molecule has 1 saturated heterocycles. The lowest BCUT2D eigenvalue weighted by molar-refractivity contribution is 0.321. The molecule has 1 aromatic heterocycles. The summed E-state index contributed by atoms with van der Waals surface area (Å²) < 4.78 is 32.3. The van der Waals surface area contributed by atoms with E-state index in [9.17, 15) is 13.7 Å². The fourth-order valence-electron chi connectivity index (χ4n) is 4.81. The molecule has 0 bridgehead atoms. The highest BCUT2D eigenvalue weighted by molar-refractivity contribution is 7.89. The standard InChI is InChI=1S/C26H32N4O3S/c1-4-29(5-2)21-8-7-9-22(15-21)33-23-14-20(17-27)26-24(16-23)25(18-28-26)19-10-12-30(13-11-19)34(31,32)6-3/h7-9,14-16,18-19,28H,4-6,10-13H2,1-3H3. The zero-order valence-corrected chi connectivity index (χ0v) is 20.9. The molecule has 4 rings (SSSR count). The molecule has 0 amide bonds. The number of rotatable bonds is 8. The van der Waals surface area contributed by atoms with Crippen molar-refractivity contribution in [3.05, 3.63) is 53.7 Å². The van der Waals surface area contributed by atoms with Gasteiger partial charge in [-0.2, -0.15) is 5.26 Å². The van der Waals surface area contributed by atoms with E-state index in [0.717, 1.165) is 53.8 Å². The van der Waals surface area contributed by atoms with Gasteiger partial charge in [0.05, 0.1) is 16.8 Å². The minimum atomic E-state index is -3.16. The molecule has 0 radical (unpaired) electrons.